The van der Waals surface area contributed by atoms with Crippen molar-refractivity contribution < 1.29 is 0 Å². The highest BCUT2D eigenvalue weighted by Gasteiger charge is 2.02. The normalized spacial score (nSPS) is 13.0. The topological polar surface area (TPSA) is 0 Å². The van der Waals surface area contributed by atoms with Crippen LogP contribution >= 0.6 is 11.8 Å². The molecular formula is C13H26S. The van der Waals surface area contributed by atoms with E-state index in [1.807, 2.05) is 0 Å². The zero-order valence-electron chi connectivity index (χ0n) is 10.5. The molecule has 0 aromatic heterocycles. The summed E-state index contributed by atoms with van der Waals surface area (Å²) in [5.74, 6) is 2.21. The summed E-state index contributed by atoms with van der Waals surface area (Å²) in [5.41, 5.74) is 1.45. The summed E-state index contributed by atoms with van der Waals surface area (Å²) in [6.07, 6.45) is 6.34. The van der Waals surface area contributed by atoms with Gasteiger partial charge in [-0.25, -0.2) is 0 Å². The highest BCUT2D eigenvalue weighted by Crippen LogP contribution is 2.17. The Balaban J connectivity index is 3.37. The first-order valence-electron chi connectivity index (χ1n) is 5.77. The van der Waals surface area contributed by atoms with E-state index in [1.165, 1.54) is 30.6 Å². The van der Waals surface area contributed by atoms with Gasteiger partial charge in [-0.05, 0) is 50.0 Å². The van der Waals surface area contributed by atoms with Crippen LogP contribution in [0.25, 0.3) is 0 Å². The van der Waals surface area contributed by atoms with Crippen molar-refractivity contribution in [1.29, 1.82) is 0 Å². The molecule has 0 N–H and O–H groups in total. The van der Waals surface area contributed by atoms with Crippen molar-refractivity contribution in [3.05, 3.63) is 11.6 Å². The van der Waals surface area contributed by atoms with Gasteiger partial charge in [-0.3, -0.25) is 0 Å². The molecule has 0 saturated carbocycles. The molecule has 1 atom stereocenters. The fraction of sp³-hybridized carbons (Fsp3) is 0.846. The molecule has 84 valence electrons. The second-order valence-electron chi connectivity index (χ2n) is 4.67. The lowest BCUT2D eigenvalue weighted by Gasteiger charge is -2.10. The quantitative estimate of drug-likeness (QED) is 0.543. The Kier molecular flexibility index (Phi) is 8.46. The van der Waals surface area contributed by atoms with E-state index >= 15 is 0 Å². The predicted octanol–water partition coefficient (Wildman–Crippen LogP) is 4.90. The summed E-state index contributed by atoms with van der Waals surface area (Å²) < 4.78 is 0. The van der Waals surface area contributed by atoms with Gasteiger partial charge < -0.3 is 0 Å². The van der Waals surface area contributed by atoms with E-state index in [2.05, 4.69) is 52.5 Å². The Morgan fingerprint density at radius 3 is 2.29 bits per heavy atom. The second-order valence-corrected chi connectivity index (χ2v) is 6.36. The number of allylic oxidation sites excluding steroid dienone is 2. The number of rotatable bonds is 7. The van der Waals surface area contributed by atoms with E-state index in [0.29, 0.717) is 0 Å². The van der Waals surface area contributed by atoms with E-state index in [4.69, 9.17) is 0 Å². The maximum Gasteiger partial charge on any atom is -0.000968 e. The molecule has 0 bridgehead atoms. The van der Waals surface area contributed by atoms with Gasteiger partial charge in [0.15, 0.2) is 0 Å². The molecular weight excluding hydrogens is 188 g/mol. The van der Waals surface area contributed by atoms with Crippen molar-refractivity contribution in [3.8, 4) is 0 Å². The molecule has 0 saturated heterocycles. The highest BCUT2D eigenvalue weighted by molar-refractivity contribution is 7.99. The molecule has 0 fully saturated rings. The van der Waals surface area contributed by atoms with E-state index in [0.717, 1.165) is 11.2 Å². The van der Waals surface area contributed by atoms with Gasteiger partial charge in [-0.1, -0.05) is 32.4 Å². The van der Waals surface area contributed by atoms with Crippen LogP contribution in [0.4, 0.5) is 0 Å². The molecule has 0 amide bonds. The van der Waals surface area contributed by atoms with Crippen LogP contribution in [0.15, 0.2) is 11.6 Å². The van der Waals surface area contributed by atoms with Crippen LogP contribution < -0.4 is 0 Å². The van der Waals surface area contributed by atoms with Gasteiger partial charge in [0.05, 0.1) is 0 Å². The fourth-order valence-corrected chi connectivity index (χ4v) is 2.32. The summed E-state index contributed by atoms with van der Waals surface area (Å²) in [4.78, 5) is 0. The maximum absolute atomic E-state index is 2.37. The lowest BCUT2D eigenvalue weighted by molar-refractivity contribution is 0.525. The number of hydrogen-bond donors (Lipinski definition) is 0. The predicted molar refractivity (Wildman–Crippen MR) is 70.0 cm³/mol. The van der Waals surface area contributed by atoms with Crippen molar-refractivity contribution in [1.82, 2.24) is 0 Å². The first-order chi connectivity index (χ1) is 6.52. The monoisotopic (exact) mass is 214 g/mol. The molecule has 0 aliphatic rings. The minimum atomic E-state index is 0.792. The van der Waals surface area contributed by atoms with Crippen LogP contribution in [0.5, 0.6) is 0 Å². The molecule has 0 heterocycles. The zero-order valence-corrected chi connectivity index (χ0v) is 11.3. The van der Waals surface area contributed by atoms with Crippen LogP contribution in [0.1, 0.15) is 53.9 Å². The number of hydrogen-bond acceptors (Lipinski definition) is 1. The molecule has 1 heteroatoms. The third-order valence-electron chi connectivity index (χ3n) is 2.27. The summed E-state index contributed by atoms with van der Waals surface area (Å²) in [7, 11) is 0. The molecule has 1 unspecified atom stereocenters. The van der Waals surface area contributed by atoms with Crippen molar-refractivity contribution in [3.63, 3.8) is 0 Å². The smallest absolute Gasteiger partial charge is 0.000968 e. The second kappa shape index (κ2) is 8.40. The first kappa shape index (κ1) is 14.1. The highest BCUT2D eigenvalue weighted by atomic mass is 32.2. The van der Waals surface area contributed by atoms with Crippen LogP contribution in [0.2, 0.25) is 0 Å². The van der Waals surface area contributed by atoms with Crippen molar-refractivity contribution in [2.24, 2.45) is 5.92 Å². The zero-order chi connectivity index (χ0) is 11.0. The van der Waals surface area contributed by atoms with Gasteiger partial charge in [0, 0.05) is 0 Å². The third-order valence-corrected chi connectivity index (χ3v) is 3.41. The van der Waals surface area contributed by atoms with Crippen LogP contribution in [-0.2, 0) is 0 Å². The molecule has 0 nitrogen and oxygen atoms in total. The number of thioether (sulfide) groups is 1. The molecule has 0 rings (SSSR count). The van der Waals surface area contributed by atoms with Gasteiger partial charge in [-0.2, -0.15) is 11.8 Å². The Morgan fingerprint density at radius 1 is 1.14 bits per heavy atom. The molecule has 0 aliphatic heterocycles. The van der Waals surface area contributed by atoms with Crippen LogP contribution in [-0.4, -0.2) is 11.0 Å². The van der Waals surface area contributed by atoms with E-state index in [1.54, 1.807) is 0 Å². The van der Waals surface area contributed by atoms with Gasteiger partial charge in [0.25, 0.3) is 0 Å². The van der Waals surface area contributed by atoms with E-state index < -0.39 is 0 Å². The largest absolute Gasteiger partial charge is 0.159 e. The Labute approximate surface area is 94.6 Å². The molecule has 0 spiro atoms. The minimum Gasteiger partial charge on any atom is -0.159 e. The SMILES string of the molecule is CC(C)=CCCC(C)CCSC(C)C. The van der Waals surface area contributed by atoms with Gasteiger partial charge in [-0.15, -0.1) is 0 Å². The van der Waals surface area contributed by atoms with Crippen molar-refractivity contribution >= 4 is 11.8 Å². The fourth-order valence-electron chi connectivity index (χ4n) is 1.31. The minimum absolute atomic E-state index is 0.792. The lowest BCUT2D eigenvalue weighted by Crippen LogP contribution is -1.98. The Bertz CT molecular complexity index is 155. The van der Waals surface area contributed by atoms with Gasteiger partial charge in [0.2, 0.25) is 0 Å². The van der Waals surface area contributed by atoms with Gasteiger partial charge >= 0.3 is 0 Å². The van der Waals surface area contributed by atoms with Crippen LogP contribution in [0.3, 0.4) is 0 Å². The molecule has 0 aromatic carbocycles. The standard InChI is InChI=1S/C13H26S/c1-11(2)7-6-8-13(5)9-10-14-12(3)4/h7,12-13H,6,8-10H2,1-5H3. The molecule has 14 heavy (non-hydrogen) atoms. The van der Waals surface area contributed by atoms with E-state index in [-0.39, 0.29) is 0 Å². The maximum atomic E-state index is 2.37. The Hall–Kier alpha value is 0.0900. The summed E-state index contributed by atoms with van der Waals surface area (Å²) in [6, 6.07) is 0. The Morgan fingerprint density at radius 2 is 1.79 bits per heavy atom. The lowest BCUT2D eigenvalue weighted by atomic mass is 10.0. The molecule has 0 aromatic rings. The average molecular weight is 214 g/mol. The molecule has 0 radical (unpaired) electrons. The third kappa shape index (κ3) is 10.2. The summed E-state index contributed by atoms with van der Waals surface area (Å²) >= 11 is 2.08. The van der Waals surface area contributed by atoms with Crippen molar-refractivity contribution in [2.45, 2.75) is 59.1 Å². The van der Waals surface area contributed by atoms with Crippen molar-refractivity contribution in [2.75, 3.05) is 5.75 Å². The summed E-state index contributed by atoms with van der Waals surface area (Å²) in [6.45, 7) is 11.3. The van der Waals surface area contributed by atoms with E-state index in [9.17, 15) is 0 Å². The first-order valence-corrected chi connectivity index (χ1v) is 6.82. The summed E-state index contributed by atoms with van der Waals surface area (Å²) in [5, 5.41) is 0.792. The molecule has 0 aliphatic carbocycles. The van der Waals surface area contributed by atoms with Crippen LogP contribution in [0, 0.1) is 5.92 Å². The average Bonchev–Trinajstić information content (AvgIpc) is 2.02. The van der Waals surface area contributed by atoms with Gasteiger partial charge in [0.1, 0.15) is 0 Å².